The van der Waals surface area contributed by atoms with Gasteiger partial charge in [-0.2, -0.15) is 13.2 Å². The average Bonchev–Trinajstić information content (AvgIpc) is 1.25. The van der Waals surface area contributed by atoms with Crippen molar-refractivity contribution in [3.05, 3.63) is 0 Å². The molecule has 8 heavy (non-hydrogen) atoms. The van der Waals surface area contributed by atoms with E-state index in [1.54, 1.807) is 0 Å². The maximum absolute atomic E-state index is 11.0. The van der Waals surface area contributed by atoms with Gasteiger partial charge in [0.25, 0.3) is 0 Å². The molecule has 0 aromatic carbocycles. The second-order valence-corrected chi connectivity index (χ2v) is 1.70. The monoisotopic (exact) mass is 153 g/mol. The van der Waals surface area contributed by atoms with E-state index < -0.39 is 11.4 Å². The maximum atomic E-state index is 11.0. The molecule has 0 rings (SSSR count). The molecule has 0 amide bonds. The molecule has 0 unspecified atom stereocenters. The number of halogens is 5. The van der Waals surface area contributed by atoms with Crippen molar-refractivity contribution < 1.29 is 22.0 Å². The number of hydrogen-bond acceptors (Lipinski definition) is 0. The molecule has 0 spiro atoms. The lowest BCUT2D eigenvalue weighted by Crippen LogP contribution is -2.33. The van der Waals surface area contributed by atoms with E-state index in [9.17, 15) is 22.0 Å². The van der Waals surface area contributed by atoms with E-state index in [1.165, 1.54) is 12.6 Å². The van der Waals surface area contributed by atoms with Gasteiger partial charge in [0.15, 0.2) is 0 Å². The van der Waals surface area contributed by atoms with Gasteiger partial charge in [0.05, 0.1) is 0 Å². The van der Waals surface area contributed by atoms with Crippen LogP contribution < -0.4 is 0 Å². The summed E-state index contributed by atoms with van der Waals surface area (Å²) in [7, 11) is 0. The molecule has 0 aromatic heterocycles. The van der Waals surface area contributed by atoms with Gasteiger partial charge in [-0.25, -0.2) is 0 Å². The highest BCUT2D eigenvalue weighted by atomic mass is 32.1. The molecular weight excluding hydrogens is 151 g/mol. The molecule has 50 valence electrons. The lowest BCUT2D eigenvalue weighted by Gasteiger charge is -2.05. The molecule has 0 N–H and O–H groups in total. The van der Waals surface area contributed by atoms with E-state index in [1.807, 2.05) is 0 Å². The van der Waals surface area contributed by atoms with Gasteiger partial charge in [0.2, 0.25) is 0 Å². The van der Waals surface area contributed by atoms with Crippen LogP contribution in [-0.2, 0) is 12.6 Å². The highest BCUT2D eigenvalue weighted by molar-refractivity contribution is 7.60. The van der Waals surface area contributed by atoms with Crippen molar-refractivity contribution in [2.24, 2.45) is 0 Å². The second kappa shape index (κ2) is 1.75. The molecule has 0 atom stereocenters. The van der Waals surface area contributed by atoms with Gasteiger partial charge in [-0.3, -0.25) is 0 Å². The zero-order valence-corrected chi connectivity index (χ0v) is 4.39. The van der Waals surface area contributed by atoms with E-state index in [2.05, 4.69) is 0 Å². The molecule has 0 aliphatic heterocycles. The lowest BCUT2D eigenvalue weighted by molar-refractivity contribution is -0.237. The van der Waals surface area contributed by atoms with E-state index in [0.29, 0.717) is 0 Å². The third kappa shape index (κ3) is 1.85. The molecule has 0 bridgehead atoms. The van der Waals surface area contributed by atoms with Gasteiger partial charge in [-0.05, 0) is 0 Å². The first-order valence-corrected chi connectivity index (χ1v) is 1.94. The van der Waals surface area contributed by atoms with Gasteiger partial charge in [0.1, 0.15) is 0 Å². The topological polar surface area (TPSA) is 0 Å². The van der Waals surface area contributed by atoms with Crippen molar-refractivity contribution in [1.29, 1.82) is 0 Å². The highest BCUT2D eigenvalue weighted by Gasteiger charge is 2.61. The lowest BCUT2D eigenvalue weighted by atomic mass is 10.7. The summed E-state index contributed by atoms with van der Waals surface area (Å²) in [6, 6.07) is 0. The van der Waals surface area contributed by atoms with Crippen LogP contribution in [0.4, 0.5) is 22.0 Å². The SMILES string of the molecule is FC(F)(F)C(F)(F)[SH2+]. The molecule has 0 saturated carbocycles. The molecular formula is C2H2F5S+. The summed E-state index contributed by atoms with van der Waals surface area (Å²) >= 11 is 1.19. The molecule has 0 aliphatic rings. The largest absolute Gasteiger partial charge is 0.507 e. The third-order valence-corrected chi connectivity index (χ3v) is 0.639. The Balaban J connectivity index is 4.02. The number of rotatable bonds is 0. The zero-order chi connectivity index (χ0) is 7.00. The van der Waals surface area contributed by atoms with Crippen molar-refractivity contribution in [3.63, 3.8) is 0 Å². The minimum atomic E-state index is -5.48. The van der Waals surface area contributed by atoms with Crippen molar-refractivity contribution >= 4 is 12.6 Å². The quantitative estimate of drug-likeness (QED) is 0.361. The van der Waals surface area contributed by atoms with Crippen LogP contribution >= 0.6 is 0 Å². The zero-order valence-electron chi connectivity index (χ0n) is 3.39. The van der Waals surface area contributed by atoms with Crippen LogP contribution in [0.1, 0.15) is 0 Å². The molecule has 0 saturated heterocycles. The fourth-order valence-corrected chi connectivity index (χ4v) is 0. The number of alkyl halides is 5. The van der Waals surface area contributed by atoms with Crippen molar-refractivity contribution in [2.45, 2.75) is 11.4 Å². The van der Waals surface area contributed by atoms with Crippen LogP contribution in [0.15, 0.2) is 0 Å². The molecule has 0 nitrogen and oxygen atoms in total. The predicted molar refractivity (Wildman–Crippen MR) is 21.2 cm³/mol. The Hall–Kier alpha value is -0.0000000000000000555. The minimum Gasteiger partial charge on any atom is -0.161 e. The van der Waals surface area contributed by atoms with Gasteiger partial charge in [0, 0.05) is 12.6 Å². The highest BCUT2D eigenvalue weighted by Crippen LogP contribution is 2.33. The molecule has 0 heterocycles. The maximum Gasteiger partial charge on any atom is 0.507 e. The second-order valence-electron chi connectivity index (χ2n) is 1.07. The molecule has 6 heteroatoms. The fourth-order valence-electron chi connectivity index (χ4n) is 0. The van der Waals surface area contributed by atoms with Crippen LogP contribution in [0.2, 0.25) is 0 Å². The van der Waals surface area contributed by atoms with Crippen LogP contribution in [0.5, 0.6) is 0 Å². The first kappa shape index (κ1) is 8.00. The smallest absolute Gasteiger partial charge is 0.161 e. The molecule has 0 aliphatic carbocycles. The summed E-state index contributed by atoms with van der Waals surface area (Å²) in [4.78, 5) is 0. The Labute approximate surface area is 47.1 Å². The Morgan fingerprint density at radius 1 is 0.875 bits per heavy atom. The van der Waals surface area contributed by atoms with Gasteiger partial charge in [-0.1, -0.05) is 0 Å². The normalized spacial score (nSPS) is 14.2. The van der Waals surface area contributed by atoms with Crippen LogP contribution in [0.25, 0.3) is 0 Å². The summed E-state index contributed by atoms with van der Waals surface area (Å²) in [6.45, 7) is 0. The number of hydrogen-bond donors (Lipinski definition) is 0. The van der Waals surface area contributed by atoms with Gasteiger partial charge >= 0.3 is 11.4 Å². The van der Waals surface area contributed by atoms with E-state index >= 15 is 0 Å². The minimum absolute atomic E-state index is 1.19. The van der Waals surface area contributed by atoms with Crippen molar-refractivity contribution in [2.75, 3.05) is 0 Å². The van der Waals surface area contributed by atoms with E-state index in [0.717, 1.165) is 0 Å². The first-order valence-electron chi connectivity index (χ1n) is 1.44. The summed E-state index contributed by atoms with van der Waals surface area (Å²) in [5.41, 5.74) is 0. The van der Waals surface area contributed by atoms with E-state index in [-0.39, 0.29) is 0 Å². The Bertz CT molecular complexity index is 65.4. The summed E-state index contributed by atoms with van der Waals surface area (Å²) in [5.74, 6) is 0. The standard InChI is InChI=1S/C2HF5S/c3-1(4,5)2(6,7)8/h8H/p+1. The van der Waals surface area contributed by atoms with Crippen LogP contribution in [0, 0.1) is 0 Å². The average molecular weight is 153 g/mol. The van der Waals surface area contributed by atoms with Crippen LogP contribution in [0.3, 0.4) is 0 Å². The third-order valence-electron chi connectivity index (χ3n) is 0.356. The van der Waals surface area contributed by atoms with Gasteiger partial charge < -0.3 is 0 Å². The Kier molecular flexibility index (Phi) is 1.75. The summed E-state index contributed by atoms with van der Waals surface area (Å²) in [5, 5.41) is -4.76. The predicted octanol–water partition coefficient (Wildman–Crippen LogP) is 1.15. The van der Waals surface area contributed by atoms with Crippen LogP contribution in [-0.4, -0.2) is 11.4 Å². The fraction of sp³-hybridized carbons (Fsp3) is 1.00. The molecule has 0 radical (unpaired) electrons. The Morgan fingerprint density at radius 3 is 1.00 bits per heavy atom. The first-order chi connectivity index (χ1) is 3.25. The van der Waals surface area contributed by atoms with Gasteiger partial charge in [-0.15, -0.1) is 8.78 Å². The Morgan fingerprint density at radius 2 is 1.00 bits per heavy atom. The van der Waals surface area contributed by atoms with Crippen molar-refractivity contribution in [3.8, 4) is 0 Å². The van der Waals surface area contributed by atoms with Crippen molar-refractivity contribution in [1.82, 2.24) is 0 Å². The van der Waals surface area contributed by atoms with E-state index in [4.69, 9.17) is 0 Å². The molecule has 0 fully saturated rings. The summed E-state index contributed by atoms with van der Waals surface area (Å²) < 4.78 is 54.3. The molecule has 0 aromatic rings. The summed E-state index contributed by atoms with van der Waals surface area (Å²) in [6.07, 6.45) is -5.48.